The molecule has 33 heavy (non-hydrogen) atoms. The zero-order chi connectivity index (χ0) is 22.9. The molecule has 168 valence electrons. The van der Waals surface area contributed by atoms with Gasteiger partial charge in [0, 0.05) is 49.2 Å². The summed E-state index contributed by atoms with van der Waals surface area (Å²) in [4.78, 5) is 19.2. The van der Waals surface area contributed by atoms with Gasteiger partial charge in [-0.3, -0.25) is 4.68 Å². The van der Waals surface area contributed by atoms with Crippen molar-refractivity contribution in [2.75, 3.05) is 5.32 Å². The van der Waals surface area contributed by atoms with E-state index in [0.29, 0.717) is 23.5 Å². The highest BCUT2D eigenvalue weighted by Crippen LogP contribution is 2.25. The summed E-state index contributed by atoms with van der Waals surface area (Å²) in [5.74, 6) is 2.91. The fourth-order valence-electron chi connectivity index (χ4n) is 3.68. The van der Waals surface area contributed by atoms with Crippen LogP contribution in [0, 0.1) is 6.92 Å². The second kappa shape index (κ2) is 8.66. The van der Waals surface area contributed by atoms with Gasteiger partial charge < -0.3 is 9.88 Å². The van der Waals surface area contributed by atoms with Gasteiger partial charge in [0.25, 0.3) is 0 Å². The monoisotopic (exact) mass is 460 g/mol. The first-order valence-electron chi connectivity index (χ1n) is 10.7. The van der Waals surface area contributed by atoms with Crippen LogP contribution in [-0.2, 0) is 6.54 Å². The van der Waals surface area contributed by atoms with Crippen molar-refractivity contribution in [2.24, 2.45) is 0 Å². The lowest BCUT2D eigenvalue weighted by atomic mass is 10.3. The van der Waals surface area contributed by atoms with Gasteiger partial charge in [-0.15, -0.1) is 0 Å². The Bertz CT molecular complexity index is 1410. The number of hydrogen-bond acceptors (Lipinski definition) is 8. The lowest BCUT2D eigenvalue weighted by Crippen LogP contribution is -2.03. The fourth-order valence-corrected chi connectivity index (χ4v) is 4.42. The highest BCUT2D eigenvalue weighted by molar-refractivity contribution is 7.97. The maximum atomic E-state index is 4.66. The van der Waals surface area contributed by atoms with Gasteiger partial charge in [-0.05, 0) is 33.8 Å². The summed E-state index contributed by atoms with van der Waals surface area (Å²) in [6.45, 7) is 9.19. The highest BCUT2D eigenvalue weighted by Gasteiger charge is 2.13. The SMILES string of the molecule is CCn1cc(Sn2cc(-c3nccc(Nc4cc5c(cn4)nc(C)n5C(C)C)n3)cn2)cn1. The molecule has 0 aromatic carbocycles. The first-order chi connectivity index (χ1) is 16.0. The Balaban J connectivity index is 1.36. The molecule has 0 unspecified atom stereocenters. The topological polar surface area (TPSA) is 104 Å². The van der Waals surface area contributed by atoms with Crippen molar-refractivity contribution in [2.45, 2.75) is 45.2 Å². The van der Waals surface area contributed by atoms with E-state index in [4.69, 9.17) is 0 Å². The quantitative estimate of drug-likeness (QED) is 0.379. The van der Waals surface area contributed by atoms with Crippen LogP contribution >= 0.6 is 11.9 Å². The van der Waals surface area contributed by atoms with E-state index in [1.165, 1.54) is 11.9 Å². The number of imidazole rings is 1. The number of aromatic nitrogens is 9. The van der Waals surface area contributed by atoms with E-state index in [0.717, 1.165) is 33.9 Å². The lowest BCUT2D eigenvalue weighted by Gasteiger charge is -2.11. The number of hydrogen-bond donors (Lipinski definition) is 1. The average Bonchev–Trinajstić information content (AvgIpc) is 3.52. The minimum atomic E-state index is 0.307. The van der Waals surface area contributed by atoms with E-state index in [1.54, 1.807) is 22.7 Å². The Morgan fingerprint density at radius 1 is 1.03 bits per heavy atom. The Labute approximate surface area is 195 Å². The molecule has 0 saturated heterocycles. The van der Waals surface area contributed by atoms with Crippen molar-refractivity contribution in [3.05, 3.63) is 55.1 Å². The minimum Gasteiger partial charge on any atom is -0.326 e. The summed E-state index contributed by atoms with van der Waals surface area (Å²) in [7, 11) is 0. The average molecular weight is 461 g/mol. The van der Waals surface area contributed by atoms with E-state index in [2.05, 4.69) is 60.8 Å². The normalized spacial score (nSPS) is 11.5. The Morgan fingerprint density at radius 3 is 2.70 bits per heavy atom. The van der Waals surface area contributed by atoms with Crippen LogP contribution < -0.4 is 5.32 Å². The zero-order valence-corrected chi connectivity index (χ0v) is 19.7. The van der Waals surface area contributed by atoms with Crippen LogP contribution in [-0.4, -0.2) is 43.5 Å². The first kappa shape index (κ1) is 21.1. The van der Waals surface area contributed by atoms with Crippen molar-refractivity contribution in [3.63, 3.8) is 0 Å². The van der Waals surface area contributed by atoms with Crippen LogP contribution in [0.3, 0.4) is 0 Å². The first-order valence-corrected chi connectivity index (χ1v) is 11.5. The number of nitrogens with zero attached hydrogens (tertiary/aromatic N) is 9. The molecule has 0 radical (unpaired) electrons. The Kier molecular flexibility index (Phi) is 5.55. The number of fused-ring (bicyclic) bond motifs is 1. The molecule has 0 aliphatic heterocycles. The Hall–Kier alpha value is -3.73. The highest BCUT2D eigenvalue weighted by atomic mass is 32.2. The van der Waals surface area contributed by atoms with Crippen molar-refractivity contribution >= 4 is 34.6 Å². The van der Waals surface area contributed by atoms with Crippen molar-refractivity contribution < 1.29 is 0 Å². The summed E-state index contributed by atoms with van der Waals surface area (Å²) < 4.78 is 5.86. The van der Waals surface area contributed by atoms with Gasteiger partial charge in [0.2, 0.25) is 0 Å². The van der Waals surface area contributed by atoms with Crippen LogP contribution in [0.1, 0.15) is 32.6 Å². The van der Waals surface area contributed by atoms with Gasteiger partial charge >= 0.3 is 0 Å². The molecule has 0 saturated carbocycles. The standard InChI is InChI=1S/C22H24N10S/c1-5-30-13-17(10-25-30)33-31-12-16(9-26-31)22-23-7-6-20(29-22)28-21-8-19-18(11-24-21)27-15(4)32(19)14(2)3/h6-14H,5H2,1-4H3,(H,23,24,28,29). The van der Waals surface area contributed by atoms with Gasteiger partial charge in [-0.1, -0.05) is 0 Å². The van der Waals surface area contributed by atoms with Crippen LogP contribution in [0.4, 0.5) is 11.6 Å². The van der Waals surface area contributed by atoms with Crippen LogP contribution in [0.2, 0.25) is 0 Å². The summed E-state index contributed by atoms with van der Waals surface area (Å²) in [5.41, 5.74) is 2.74. The molecular weight excluding hydrogens is 436 g/mol. The lowest BCUT2D eigenvalue weighted by molar-refractivity contribution is 0.600. The minimum absolute atomic E-state index is 0.307. The number of pyridine rings is 1. The summed E-state index contributed by atoms with van der Waals surface area (Å²) >= 11 is 1.49. The number of aryl methyl sites for hydroxylation is 2. The van der Waals surface area contributed by atoms with Gasteiger partial charge in [-0.25, -0.2) is 24.0 Å². The van der Waals surface area contributed by atoms with Crippen LogP contribution in [0.25, 0.3) is 22.4 Å². The molecular formula is C22H24N10S. The van der Waals surface area contributed by atoms with Crippen molar-refractivity contribution in [1.29, 1.82) is 0 Å². The maximum absolute atomic E-state index is 4.66. The molecule has 0 aliphatic carbocycles. The predicted molar refractivity (Wildman–Crippen MR) is 128 cm³/mol. The second-order valence-electron chi connectivity index (χ2n) is 7.83. The molecule has 5 aromatic rings. The van der Waals surface area contributed by atoms with E-state index in [1.807, 2.05) is 42.3 Å². The van der Waals surface area contributed by atoms with Gasteiger partial charge in [0.1, 0.15) is 23.0 Å². The second-order valence-corrected chi connectivity index (χ2v) is 8.85. The van der Waals surface area contributed by atoms with Crippen molar-refractivity contribution in [3.8, 4) is 11.4 Å². The molecule has 0 fully saturated rings. The van der Waals surface area contributed by atoms with E-state index >= 15 is 0 Å². The van der Waals surface area contributed by atoms with E-state index in [-0.39, 0.29) is 0 Å². The zero-order valence-electron chi connectivity index (χ0n) is 18.8. The van der Waals surface area contributed by atoms with Crippen LogP contribution in [0.15, 0.2) is 54.2 Å². The molecule has 10 nitrogen and oxygen atoms in total. The van der Waals surface area contributed by atoms with E-state index in [9.17, 15) is 0 Å². The third-order valence-corrected chi connectivity index (χ3v) is 5.94. The molecule has 5 rings (SSSR count). The molecule has 0 bridgehead atoms. The fraction of sp³-hybridized carbons (Fsp3) is 0.273. The summed E-state index contributed by atoms with van der Waals surface area (Å²) in [6, 6.07) is 4.13. The predicted octanol–water partition coefficient (Wildman–Crippen LogP) is 4.49. The number of anilines is 2. The maximum Gasteiger partial charge on any atom is 0.164 e. The van der Waals surface area contributed by atoms with Gasteiger partial charge in [0.05, 0.1) is 34.6 Å². The molecule has 0 aliphatic rings. The smallest absolute Gasteiger partial charge is 0.164 e. The largest absolute Gasteiger partial charge is 0.326 e. The molecule has 0 spiro atoms. The molecule has 11 heteroatoms. The Morgan fingerprint density at radius 2 is 1.91 bits per heavy atom. The number of nitrogens with one attached hydrogen (secondary N) is 1. The van der Waals surface area contributed by atoms with Crippen molar-refractivity contribution in [1.82, 2.24) is 43.5 Å². The van der Waals surface area contributed by atoms with E-state index < -0.39 is 0 Å². The van der Waals surface area contributed by atoms with Gasteiger partial charge in [-0.2, -0.15) is 10.2 Å². The van der Waals surface area contributed by atoms with Gasteiger partial charge in [0.15, 0.2) is 5.82 Å². The molecule has 0 atom stereocenters. The molecule has 1 N–H and O–H groups in total. The summed E-state index contributed by atoms with van der Waals surface area (Å²) in [6.07, 6.45) is 11.0. The van der Waals surface area contributed by atoms with Crippen LogP contribution in [0.5, 0.6) is 0 Å². The molecule has 5 heterocycles. The summed E-state index contributed by atoms with van der Waals surface area (Å²) in [5, 5.41) is 12.0. The third-order valence-electron chi connectivity index (χ3n) is 5.13. The molecule has 5 aromatic heterocycles. The number of rotatable bonds is 7. The molecule has 0 amide bonds. The third kappa shape index (κ3) is 4.31.